The smallest absolute Gasteiger partial charge is 0.243 e. The van der Waals surface area contributed by atoms with E-state index in [-0.39, 0.29) is 82.2 Å². The Balaban J connectivity index is 3.80. The first kappa shape index (κ1) is 71.7. The number of aliphatic hydroxyl groups is 1. The zero-order valence-corrected chi connectivity index (χ0v) is 47.3. The fourth-order valence-corrected chi connectivity index (χ4v) is 7.79. The van der Waals surface area contributed by atoms with Crippen LogP contribution in [0.5, 0.6) is 5.75 Å². The van der Waals surface area contributed by atoms with Gasteiger partial charge in [0, 0.05) is 32.4 Å². The zero-order chi connectivity index (χ0) is 62.2. The summed E-state index contributed by atoms with van der Waals surface area (Å²) >= 11 is 0. The second-order valence-corrected chi connectivity index (χ2v) is 20.4. The van der Waals surface area contributed by atoms with Crippen LogP contribution in [-0.4, -0.2) is 161 Å². The van der Waals surface area contributed by atoms with Gasteiger partial charge in [0.25, 0.3) is 0 Å². The van der Waals surface area contributed by atoms with Crippen LogP contribution >= 0.6 is 0 Å². The van der Waals surface area contributed by atoms with E-state index in [2.05, 4.69) is 53.2 Å². The number of carbonyl (C=O) groups is 11. The fourth-order valence-electron chi connectivity index (χ4n) is 7.79. The minimum absolute atomic E-state index is 0.0143. The highest BCUT2D eigenvalue weighted by molar-refractivity contribution is 5.98. The number of aliphatic hydroxyl groups excluding tert-OH is 1. The van der Waals surface area contributed by atoms with Crippen LogP contribution in [0.25, 0.3) is 0 Å². The molecule has 10 atom stereocenters. The van der Waals surface area contributed by atoms with Gasteiger partial charge in [-0.25, -0.2) is 0 Å². The normalized spacial score (nSPS) is 14.6. The van der Waals surface area contributed by atoms with E-state index in [0.717, 1.165) is 0 Å². The number of carbonyl (C=O) groups excluding carboxylic acids is 11. The number of guanidine groups is 2. The molecule has 0 aromatic heterocycles. The van der Waals surface area contributed by atoms with Crippen molar-refractivity contribution in [3.63, 3.8) is 0 Å². The van der Waals surface area contributed by atoms with Crippen LogP contribution in [0.3, 0.4) is 0 Å². The molecule has 0 heterocycles. The van der Waals surface area contributed by atoms with Gasteiger partial charge in [-0.15, -0.1) is 0 Å². The molecule has 0 aliphatic heterocycles. The van der Waals surface area contributed by atoms with E-state index in [1.54, 1.807) is 13.8 Å². The van der Waals surface area contributed by atoms with Crippen molar-refractivity contribution in [2.75, 3.05) is 19.6 Å². The molecule has 31 heteroatoms. The van der Waals surface area contributed by atoms with Crippen molar-refractivity contribution in [2.45, 2.75) is 173 Å². The molecule has 0 radical (unpaired) electrons. The standard InChI is InChI=1S/C51H88N18O13/c1-26(2)24-37(48(81)62-28(4)41(55)74)68-45(78)32(10-6-7-21-52)64-44(77)34(12-9-23-61-51(58)59)65-49(82)38(25-30-13-15-31(71)16-14-30)69-47(80)36(18-20-40(54)73)67-46(79)35(17-19-39(53)72)66-43(76)33(11-8-22-60-50(56)57)63-42(75)27(3)29(5)70/h13-16,26-29,32-38,70-71H,6-12,17-25,52H2,1-5H3,(H2,53,72)(H2,54,73)(H2,55,74)(H,62,81)(H,63,75)(H,64,77)(H,65,82)(H,66,76)(H,67,79)(H,68,78)(H,69,80)(H4,56,57,60)(H4,58,59,61)/t27-,28-,29+,32-,33-,34-,35-,36-,37-,38-/m0/s1. The van der Waals surface area contributed by atoms with Crippen LogP contribution < -0.4 is 87.6 Å². The monoisotopic (exact) mass is 1160 g/mol. The molecule has 11 amide bonds. The molecule has 0 spiro atoms. The molecule has 1 aromatic rings. The van der Waals surface area contributed by atoms with Crippen LogP contribution in [0, 0.1) is 22.7 Å². The molecule has 31 nitrogen and oxygen atoms in total. The van der Waals surface area contributed by atoms with Gasteiger partial charge in [0.2, 0.25) is 65.0 Å². The Morgan fingerprint density at radius 2 is 0.829 bits per heavy atom. The first-order valence-corrected chi connectivity index (χ1v) is 27.1. The first-order valence-electron chi connectivity index (χ1n) is 27.1. The van der Waals surface area contributed by atoms with Crippen LogP contribution in [-0.2, 0) is 59.2 Å². The highest BCUT2D eigenvalue weighted by atomic mass is 16.3. The van der Waals surface area contributed by atoms with Crippen LogP contribution in [0.15, 0.2) is 24.3 Å². The quantitative estimate of drug-likeness (QED) is 0.0166. The van der Waals surface area contributed by atoms with Gasteiger partial charge >= 0.3 is 0 Å². The number of nitrogens with one attached hydrogen (secondary N) is 12. The number of benzene rings is 1. The van der Waals surface area contributed by atoms with Crippen molar-refractivity contribution in [2.24, 2.45) is 46.2 Å². The summed E-state index contributed by atoms with van der Waals surface area (Å²) in [6, 6.07) is -5.88. The average Bonchev–Trinajstić information content (AvgIpc) is 3.49. The number of rotatable bonds is 40. The van der Waals surface area contributed by atoms with Gasteiger partial charge in [-0.1, -0.05) is 32.9 Å². The van der Waals surface area contributed by atoms with Crippen LogP contribution in [0.1, 0.15) is 117 Å². The predicted molar refractivity (Wildman–Crippen MR) is 300 cm³/mol. The SMILES string of the molecule is CC(C)C[C@H](NC(=O)[C@H](CCCCN)NC(=O)[C@H](CCCNC(=N)N)NC(=O)[C@H](Cc1ccc(O)cc1)NC(=O)[C@H](CCC(N)=O)NC(=O)[C@H](CCC(N)=O)NC(=O)[C@H](CCCNC(=N)N)NC(=O)[C@@H](C)[C@@H](C)O)C(=O)N[C@@H](C)C(N)=O. The second-order valence-electron chi connectivity index (χ2n) is 20.4. The third-order valence-electron chi connectivity index (χ3n) is 12.7. The molecule has 1 aromatic carbocycles. The highest BCUT2D eigenvalue weighted by Gasteiger charge is 2.35. The van der Waals surface area contributed by atoms with Crippen molar-refractivity contribution in [1.29, 1.82) is 10.8 Å². The molecule has 0 unspecified atom stereocenters. The summed E-state index contributed by atoms with van der Waals surface area (Å²) in [4.78, 5) is 148. The van der Waals surface area contributed by atoms with E-state index in [9.17, 15) is 63.0 Å². The maximum Gasteiger partial charge on any atom is 0.243 e. The molecule has 1 rings (SSSR count). The average molecular weight is 1160 g/mol. The summed E-state index contributed by atoms with van der Waals surface area (Å²) in [6.45, 7) is 8.11. The summed E-state index contributed by atoms with van der Waals surface area (Å²) in [5, 5.41) is 60.7. The maximum atomic E-state index is 14.6. The molecule has 0 saturated heterocycles. The minimum Gasteiger partial charge on any atom is -0.508 e. The molecule has 0 aliphatic carbocycles. The lowest BCUT2D eigenvalue weighted by molar-refractivity contribution is -0.136. The van der Waals surface area contributed by atoms with E-state index >= 15 is 0 Å². The van der Waals surface area contributed by atoms with Crippen LogP contribution in [0.4, 0.5) is 0 Å². The summed E-state index contributed by atoms with van der Waals surface area (Å²) in [6.07, 6.45) is -2.46. The fraction of sp³-hybridized carbons (Fsp3) is 0.627. The molecule has 0 aliphatic rings. The third-order valence-corrected chi connectivity index (χ3v) is 12.7. The number of unbranched alkanes of at least 4 members (excludes halogenated alkanes) is 1. The van der Waals surface area contributed by atoms with E-state index in [1.807, 2.05) is 0 Å². The van der Waals surface area contributed by atoms with Gasteiger partial charge in [-0.3, -0.25) is 63.6 Å². The Bertz CT molecular complexity index is 2340. The van der Waals surface area contributed by atoms with Gasteiger partial charge in [-0.05, 0) is 108 Å². The number of nitrogens with two attached hydrogens (primary N) is 6. The van der Waals surface area contributed by atoms with E-state index in [0.29, 0.717) is 18.4 Å². The van der Waals surface area contributed by atoms with Crippen molar-refractivity contribution >= 4 is 76.9 Å². The largest absolute Gasteiger partial charge is 0.508 e. The van der Waals surface area contributed by atoms with Gasteiger partial charge in [0.15, 0.2) is 11.9 Å². The number of phenols is 1. The molecular weight excluding hydrogens is 1070 g/mol. The first-order chi connectivity index (χ1) is 38.4. The lowest BCUT2D eigenvalue weighted by Crippen LogP contribution is -2.60. The second kappa shape index (κ2) is 37.6. The lowest BCUT2D eigenvalue weighted by atomic mass is 10.0. The third kappa shape index (κ3) is 29.2. The van der Waals surface area contributed by atoms with Crippen molar-refractivity contribution in [3.8, 4) is 5.75 Å². The zero-order valence-electron chi connectivity index (χ0n) is 47.3. The van der Waals surface area contributed by atoms with Crippen LogP contribution in [0.2, 0.25) is 0 Å². The summed E-state index contributed by atoms with van der Waals surface area (Å²) in [5.74, 6) is -11.9. The molecular formula is C51H88N18O13. The van der Waals surface area contributed by atoms with Gasteiger partial charge in [-0.2, -0.15) is 0 Å². The molecule has 82 heavy (non-hydrogen) atoms. The number of aromatic hydroxyl groups is 1. The van der Waals surface area contributed by atoms with Crippen molar-refractivity contribution in [3.05, 3.63) is 29.8 Å². The number of amides is 11. The number of primary amides is 3. The Morgan fingerprint density at radius 3 is 1.20 bits per heavy atom. The Morgan fingerprint density at radius 1 is 0.476 bits per heavy atom. The lowest BCUT2D eigenvalue weighted by Gasteiger charge is -2.28. The Kier molecular flexibility index (Phi) is 32.8. The number of hydrogen-bond donors (Lipinski definition) is 20. The molecule has 0 fully saturated rings. The number of hydrogen-bond acceptors (Lipinski definition) is 16. The summed E-state index contributed by atoms with van der Waals surface area (Å²) < 4.78 is 0. The predicted octanol–water partition coefficient (Wildman–Crippen LogP) is -5.43. The maximum absolute atomic E-state index is 14.6. The molecule has 460 valence electrons. The summed E-state index contributed by atoms with van der Waals surface area (Å²) in [5.41, 5.74) is 33.2. The summed E-state index contributed by atoms with van der Waals surface area (Å²) in [7, 11) is 0. The van der Waals surface area contributed by atoms with Gasteiger partial charge in [0.1, 0.15) is 54.1 Å². The van der Waals surface area contributed by atoms with Gasteiger partial charge in [0.05, 0.1) is 12.0 Å². The molecule has 0 bridgehead atoms. The molecule has 0 saturated carbocycles. The molecule has 26 N–H and O–H groups in total. The van der Waals surface area contributed by atoms with Gasteiger partial charge < -0.3 is 97.8 Å². The van der Waals surface area contributed by atoms with Crippen molar-refractivity contribution in [1.82, 2.24) is 53.2 Å². The number of phenolic OH excluding ortho intramolecular Hbond substituents is 1. The van der Waals surface area contributed by atoms with Crippen molar-refractivity contribution < 1.29 is 63.0 Å². The van der Waals surface area contributed by atoms with E-state index in [1.165, 1.54) is 45.0 Å². The van der Waals surface area contributed by atoms with E-state index in [4.69, 9.17) is 45.2 Å². The van der Waals surface area contributed by atoms with E-state index < -0.39 is 157 Å². The Labute approximate surface area is 476 Å². The highest BCUT2D eigenvalue weighted by Crippen LogP contribution is 2.15. The minimum atomic E-state index is -1.70. The Hall–Kier alpha value is -8.35. The topological polar surface area (TPSA) is 552 Å².